The number of hydrogen-bond donors (Lipinski definition) is 0. The van der Waals surface area contributed by atoms with Crippen molar-refractivity contribution in [1.29, 1.82) is 0 Å². The number of methoxy groups -OCH3 is 1. The molecule has 0 aliphatic heterocycles. The van der Waals surface area contributed by atoms with Gasteiger partial charge in [-0.05, 0) is 13.8 Å². The summed E-state index contributed by atoms with van der Waals surface area (Å²) in [6, 6.07) is 0. The first-order valence-electron chi connectivity index (χ1n) is 4.24. The van der Waals surface area contributed by atoms with Gasteiger partial charge in [0.25, 0.3) is 0 Å². The summed E-state index contributed by atoms with van der Waals surface area (Å²) < 4.78 is 6.42. The van der Waals surface area contributed by atoms with Crippen molar-refractivity contribution in [3.63, 3.8) is 0 Å². The van der Waals surface area contributed by atoms with Crippen molar-refractivity contribution >= 4 is 12.3 Å². The van der Waals surface area contributed by atoms with E-state index in [4.69, 9.17) is 0 Å². The molecule has 0 aliphatic rings. The van der Waals surface area contributed by atoms with E-state index < -0.39 is 5.97 Å². The smallest absolute Gasteiger partial charge is 0.340 e. The number of nitrogens with zero attached hydrogens (tertiary/aromatic N) is 1. The molecule has 1 heterocycles. The van der Waals surface area contributed by atoms with Gasteiger partial charge >= 0.3 is 5.97 Å². The lowest BCUT2D eigenvalue weighted by atomic mass is 10.1. The normalized spacial score (nSPS) is 10.0. The number of esters is 1. The third-order valence-corrected chi connectivity index (χ3v) is 2.53. The van der Waals surface area contributed by atoms with Crippen molar-refractivity contribution < 1.29 is 14.3 Å². The molecule has 0 saturated heterocycles. The third kappa shape index (κ3) is 1.32. The monoisotopic (exact) mass is 195 g/mol. The van der Waals surface area contributed by atoms with E-state index in [-0.39, 0.29) is 0 Å². The minimum atomic E-state index is -0.465. The van der Waals surface area contributed by atoms with E-state index in [2.05, 4.69) is 4.74 Å². The molecule has 0 atom stereocenters. The number of carbonyl (C=O) groups is 2. The molecule has 0 radical (unpaired) electrons. The summed E-state index contributed by atoms with van der Waals surface area (Å²) in [5, 5.41) is 0. The van der Waals surface area contributed by atoms with Crippen LogP contribution in [0.15, 0.2) is 0 Å². The van der Waals surface area contributed by atoms with Crippen LogP contribution in [0, 0.1) is 13.8 Å². The topological polar surface area (TPSA) is 48.3 Å². The van der Waals surface area contributed by atoms with Gasteiger partial charge in [0.15, 0.2) is 6.29 Å². The standard InChI is InChI=1S/C10H13NO3/c1-6-8(5-12)9(10(13)14-4)7(2)11(6)3/h5H,1-4H3. The van der Waals surface area contributed by atoms with Gasteiger partial charge in [-0.3, -0.25) is 4.79 Å². The molecular weight excluding hydrogens is 182 g/mol. The molecular formula is C10H13NO3. The van der Waals surface area contributed by atoms with Crippen LogP contribution < -0.4 is 0 Å². The minimum absolute atomic E-state index is 0.363. The summed E-state index contributed by atoms with van der Waals surface area (Å²) >= 11 is 0. The molecule has 1 aromatic rings. The van der Waals surface area contributed by atoms with Crippen LogP contribution in [-0.2, 0) is 11.8 Å². The van der Waals surface area contributed by atoms with Gasteiger partial charge in [0.1, 0.15) is 0 Å². The Morgan fingerprint density at radius 2 is 1.93 bits per heavy atom. The number of carbonyl (C=O) groups excluding carboxylic acids is 2. The highest BCUT2D eigenvalue weighted by atomic mass is 16.5. The van der Waals surface area contributed by atoms with Crippen LogP contribution >= 0.6 is 0 Å². The second kappa shape index (κ2) is 3.65. The summed E-state index contributed by atoms with van der Waals surface area (Å²) in [4.78, 5) is 22.2. The predicted octanol–water partition coefficient (Wildman–Crippen LogP) is 1.24. The number of aldehydes is 1. The number of hydrogen-bond acceptors (Lipinski definition) is 3. The molecule has 0 fully saturated rings. The molecule has 0 unspecified atom stereocenters. The summed E-state index contributed by atoms with van der Waals surface area (Å²) in [5.41, 5.74) is 2.30. The molecule has 0 spiro atoms. The molecule has 0 aromatic carbocycles. The fraction of sp³-hybridized carbons (Fsp3) is 0.400. The highest BCUT2D eigenvalue weighted by Crippen LogP contribution is 2.20. The molecule has 4 heteroatoms. The Bertz CT molecular complexity index is 391. The molecule has 1 aromatic heterocycles. The van der Waals surface area contributed by atoms with Gasteiger partial charge < -0.3 is 9.30 Å². The molecule has 0 saturated carbocycles. The predicted molar refractivity (Wildman–Crippen MR) is 51.6 cm³/mol. The average Bonchev–Trinajstić information content (AvgIpc) is 2.41. The minimum Gasteiger partial charge on any atom is -0.465 e. The molecule has 4 nitrogen and oxygen atoms in total. The Hall–Kier alpha value is -1.58. The fourth-order valence-corrected chi connectivity index (χ4v) is 1.48. The summed E-state index contributed by atoms with van der Waals surface area (Å²) in [6.45, 7) is 3.58. The van der Waals surface area contributed by atoms with Crippen molar-refractivity contribution in [2.45, 2.75) is 13.8 Å². The van der Waals surface area contributed by atoms with E-state index in [1.807, 2.05) is 7.05 Å². The number of aromatic nitrogens is 1. The van der Waals surface area contributed by atoms with Gasteiger partial charge in [0.05, 0.1) is 12.7 Å². The van der Waals surface area contributed by atoms with Gasteiger partial charge in [-0.15, -0.1) is 0 Å². The van der Waals surface area contributed by atoms with Gasteiger partial charge in [0.2, 0.25) is 0 Å². The van der Waals surface area contributed by atoms with Crippen LogP contribution in [0.2, 0.25) is 0 Å². The first kappa shape index (κ1) is 10.5. The van der Waals surface area contributed by atoms with Gasteiger partial charge in [-0.2, -0.15) is 0 Å². The molecule has 1 rings (SSSR count). The van der Waals surface area contributed by atoms with Crippen LogP contribution in [0.25, 0.3) is 0 Å². The molecule has 76 valence electrons. The molecule has 0 amide bonds. The van der Waals surface area contributed by atoms with Crippen molar-refractivity contribution in [2.24, 2.45) is 7.05 Å². The second-order valence-electron chi connectivity index (χ2n) is 3.13. The fourth-order valence-electron chi connectivity index (χ4n) is 1.48. The van der Waals surface area contributed by atoms with Crippen molar-refractivity contribution in [1.82, 2.24) is 4.57 Å². The van der Waals surface area contributed by atoms with Gasteiger partial charge in [-0.1, -0.05) is 0 Å². The first-order valence-corrected chi connectivity index (χ1v) is 4.24. The molecule has 0 N–H and O–H groups in total. The van der Waals surface area contributed by atoms with E-state index in [1.165, 1.54) is 7.11 Å². The first-order chi connectivity index (χ1) is 6.54. The Morgan fingerprint density at radius 1 is 1.36 bits per heavy atom. The van der Waals surface area contributed by atoms with E-state index >= 15 is 0 Å². The summed E-state index contributed by atoms with van der Waals surface area (Å²) in [5.74, 6) is -0.465. The van der Waals surface area contributed by atoms with Crippen LogP contribution in [0.4, 0.5) is 0 Å². The Morgan fingerprint density at radius 3 is 2.36 bits per heavy atom. The summed E-state index contributed by atoms with van der Waals surface area (Å²) in [6.07, 6.45) is 0.689. The van der Waals surface area contributed by atoms with Gasteiger partial charge in [0, 0.05) is 24.0 Å². The van der Waals surface area contributed by atoms with Crippen LogP contribution in [0.3, 0.4) is 0 Å². The highest BCUT2D eigenvalue weighted by Gasteiger charge is 2.21. The average molecular weight is 195 g/mol. The maximum Gasteiger partial charge on any atom is 0.340 e. The maximum atomic E-state index is 11.4. The zero-order valence-corrected chi connectivity index (χ0v) is 8.75. The van der Waals surface area contributed by atoms with E-state index in [0.717, 1.165) is 11.4 Å². The van der Waals surface area contributed by atoms with Crippen molar-refractivity contribution in [3.8, 4) is 0 Å². The summed E-state index contributed by atoms with van der Waals surface area (Å²) in [7, 11) is 3.11. The molecule has 14 heavy (non-hydrogen) atoms. The lowest BCUT2D eigenvalue weighted by molar-refractivity contribution is 0.0597. The molecule has 0 aliphatic carbocycles. The van der Waals surface area contributed by atoms with Gasteiger partial charge in [-0.25, -0.2) is 4.79 Å². The highest BCUT2D eigenvalue weighted by molar-refractivity contribution is 6.00. The Balaban J connectivity index is 3.48. The second-order valence-corrected chi connectivity index (χ2v) is 3.13. The van der Waals surface area contributed by atoms with Crippen molar-refractivity contribution in [3.05, 3.63) is 22.5 Å². The SMILES string of the molecule is COC(=O)c1c(C=O)c(C)n(C)c1C. The largest absolute Gasteiger partial charge is 0.465 e. The zero-order chi connectivity index (χ0) is 10.9. The van der Waals surface area contributed by atoms with Crippen LogP contribution in [-0.4, -0.2) is 23.9 Å². The van der Waals surface area contributed by atoms with E-state index in [0.29, 0.717) is 17.4 Å². The maximum absolute atomic E-state index is 11.4. The number of rotatable bonds is 2. The van der Waals surface area contributed by atoms with Crippen molar-refractivity contribution in [2.75, 3.05) is 7.11 Å². The van der Waals surface area contributed by atoms with Crippen LogP contribution in [0.5, 0.6) is 0 Å². The lowest BCUT2D eigenvalue weighted by Gasteiger charge is -2.00. The third-order valence-electron chi connectivity index (χ3n) is 2.53. The number of ether oxygens (including phenoxy) is 1. The van der Waals surface area contributed by atoms with E-state index in [9.17, 15) is 9.59 Å². The quantitative estimate of drug-likeness (QED) is 0.527. The lowest BCUT2D eigenvalue weighted by Crippen LogP contribution is -2.05. The molecule has 0 bridgehead atoms. The Labute approximate surface area is 82.5 Å². The Kier molecular flexibility index (Phi) is 2.74. The van der Waals surface area contributed by atoms with E-state index in [1.54, 1.807) is 18.4 Å². The zero-order valence-electron chi connectivity index (χ0n) is 8.75. The van der Waals surface area contributed by atoms with Crippen LogP contribution in [0.1, 0.15) is 32.1 Å².